The Hall–Kier alpha value is -0.650. The molecule has 2 heterocycles. The van der Waals surface area contributed by atoms with Gasteiger partial charge in [-0.25, -0.2) is 0 Å². The summed E-state index contributed by atoms with van der Waals surface area (Å²) >= 11 is 0. The zero-order chi connectivity index (χ0) is 10.9. The molecule has 2 aliphatic rings. The maximum absolute atomic E-state index is 12.1. The van der Waals surface area contributed by atoms with Crippen LogP contribution in [0.25, 0.3) is 0 Å². The normalized spacial score (nSPS) is 25.7. The molecule has 2 rings (SSSR count). The second-order valence-electron chi connectivity index (χ2n) is 4.46. The molecule has 0 bridgehead atoms. The van der Waals surface area contributed by atoms with Crippen molar-refractivity contribution in [2.75, 3.05) is 53.5 Å². The maximum atomic E-state index is 12.1. The van der Waals surface area contributed by atoms with Gasteiger partial charge in [-0.3, -0.25) is 9.69 Å². The molecule has 1 N–H and O–H groups in total. The first-order valence-electron chi connectivity index (χ1n) is 5.42. The molecular weight excluding hydrogens is 194 g/mol. The van der Waals surface area contributed by atoms with Crippen molar-refractivity contribution in [2.45, 2.75) is 5.54 Å². The van der Waals surface area contributed by atoms with E-state index < -0.39 is 0 Å². The molecule has 0 atom stereocenters. The SMILES string of the molecule is CN(C)C(=O)C1(N2CCNCC2)COC1. The number of likely N-dealkylation sites (N-methyl/N-ethyl adjacent to an activating group) is 1. The van der Waals surface area contributed by atoms with Crippen LogP contribution in [0.3, 0.4) is 0 Å². The highest BCUT2D eigenvalue weighted by Gasteiger charge is 2.51. The van der Waals surface area contributed by atoms with Crippen LogP contribution in [0, 0.1) is 0 Å². The van der Waals surface area contributed by atoms with E-state index in [0.717, 1.165) is 26.2 Å². The Kier molecular flexibility index (Phi) is 2.95. The van der Waals surface area contributed by atoms with E-state index in [1.54, 1.807) is 4.90 Å². The molecule has 0 unspecified atom stereocenters. The average molecular weight is 213 g/mol. The number of ether oxygens (including phenoxy) is 1. The van der Waals surface area contributed by atoms with Crippen molar-refractivity contribution in [1.82, 2.24) is 15.1 Å². The van der Waals surface area contributed by atoms with Crippen LogP contribution in [0.2, 0.25) is 0 Å². The zero-order valence-corrected chi connectivity index (χ0v) is 9.45. The van der Waals surface area contributed by atoms with Gasteiger partial charge in [0.2, 0.25) is 5.91 Å². The lowest BCUT2D eigenvalue weighted by Crippen LogP contribution is -2.72. The Morgan fingerprint density at radius 3 is 2.33 bits per heavy atom. The number of rotatable bonds is 2. The van der Waals surface area contributed by atoms with E-state index in [-0.39, 0.29) is 11.4 Å². The number of nitrogens with zero attached hydrogens (tertiary/aromatic N) is 2. The Bertz CT molecular complexity index is 245. The van der Waals surface area contributed by atoms with Gasteiger partial charge >= 0.3 is 0 Å². The molecule has 0 aromatic rings. The molecule has 5 heteroatoms. The second-order valence-corrected chi connectivity index (χ2v) is 4.46. The number of carbonyl (C=O) groups excluding carboxylic acids is 1. The lowest BCUT2D eigenvalue weighted by molar-refractivity contribution is -0.179. The van der Waals surface area contributed by atoms with Crippen LogP contribution in [-0.4, -0.2) is 74.7 Å². The first-order valence-corrected chi connectivity index (χ1v) is 5.42. The summed E-state index contributed by atoms with van der Waals surface area (Å²) in [7, 11) is 3.62. The number of hydrogen-bond acceptors (Lipinski definition) is 4. The number of hydrogen-bond donors (Lipinski definition) is 1. The highest BCUT2D eigenvalue weighted by atomic mass is 16.5. The largest absolute Gasteiger partial charge is 0.376 e. The van der Waals surface area contributed by atoms with Crippen molar-refractivity contribution in [3.8, 4) is 0 Å². The summed E-state index contributed by atoms with van der Waals surface area (Å²) in [4.78, 5) is 16.1. The third kappa shape index (κ3) is 1.75. The summed E-state index contributed by atoms with van der Waals surface area (Å²) in [6, 6.07) is 0. The topological polar surface area (TPSA) is 44.8 Å². The van der Waals surface area contributed by atoms with Crippen molar-refractivity contribution < 1.29 is 9.53 Å². The molecule has 5 nitrogen and oxygen atoms in total. The monoisotopic (exact) mass is 213 g/mol. The van der Waals surface area contributed by atoms with Crippen molar-refractivity contribution in [1.29, 1.82) is 0 Å². The number of nitrogens with one attached hydrogen (secondary N) is 1. The summed E-state index contributed by atoms with van der Waals surface area (Å²) in [5, 5.41) is 3.30. The molecule has 2 saturated heterocycles. The third-order valence-corrected chi connectivity index (χ3v) is 3.21. The fourth-order valence-electron chi connectivity index (χ4n) is 2.25. The van der Waals surface area contributed by atoms with Crippen molar-refractivity contribution in [3.05, 3.63) is 0 Å². The summed E-state index contributed by atoms with van der Waals surface area (Å²) in [5.74, 6) is 0.177. The molecule has 86 valence electrons. The van der Waals surface area contributed by atoms with Crippen LogP contribution in [-0.2, 0) is 9.53 Å². The van der Waals surface area contributed by atoms with E-state index in [0.29, 0.717) is 13.2 Å². The van der Waals surface area contributed by atoms with Gasteiger partial charge in [0.25, 0.3) is 0 Å². The average Bonchev–Trinajstić information content (AvgIpc) is 2.17. The van der Waals surface area contributed by atoms with E-state index in [2.05, 4.69) is 10.2 Å². The van der Waals surface area contributed by atoms with E-state index in [9.17, 15) is 4.79 Å². The van der Waals surface area contributed by atoms with Crippen LogP contribution < -0.4 is 5.32 Å². The van der Waals surface area contributed by atoms with Crippen LogP contribution >= 0.6 is 0 Å². The minimum absolute atomic E-state index is 0.177. The number of piperazine rings is 1. The van der Waals surface area contributed by atoms with Gasteiger partial charge in [-0.1, -0.05) is 0 Å². The Morgan fingerprint density at radius 1 is 1.33 bits per heavy atom. The Morgan fingerprint density at radius 2 is 1.93 bits per heavy atom. The van der Waals surface area contributed by atoms with Crippen molar-refractivity contribution in [3.63, 3.8) is 0 Å². The lowest BCUT2D eigenvalue weighted by atomic mass is 9.92. The Labute approximate surface area is 90.4 Å². The van der Waals surface area contributed by atoms with Crippen molar-refractivity contribution in [2.24, 2.45) is 0 Å². The highest BCUT2D eigenvalue weighted by Crippen LogP contribution is 2.27. The molecular formula is C10H19N3O2. The first-order chi connectivity index (χ1) is 7.17. The predicted molar refractivity (Wildman–Crippen MR) is 56.7 cm³/mol. The van der Waals surface area contributed by atoms with Gasteiger partial charge in [0.15, 0.2) is 0 Å². The molecule has 15 heavy (non-hydrogen) atoms. The van der Waals surface area contributed by atoms with E-state index in [1.165, 1.54) is 0 Å². The first kappa shape index (κ1) is 10.9. The van der Waals surface area contributed by atoms with Crippen LogP contribution in [0.5, 0.6) is 0 Å². The van der Waals surface area contributed by atoms with Gasteiger partial charge < -0.3 is 15.0 Å². The van der Waals surface area contributed by atoms with Gasteiger partial charge in [-0.05, 0) is 0 Å². The van der Waals surface area contributed by atoms with Gasteiger partial charge in [0.1, 0.15) is 5.54 Å². The fourth-order valence-corrected chi connectivity index (χ4v) is 2.25. The zero-order valence-electron chi connectivity index (χ0n) is 9.45. The summed E-state index contributed by atoms with van der Waals surface area (Å²) in [6.45, 7) is 4.88. The molecule has 2 fully saturated rings. The standard InChI is InChI=1S/C10H19N3O2/c1-12(2)9(14)10(7-15-8-10)13-5-3-11-4-6-13/h11H,3-8H2,1-2H3. The molecule has 0 aliphatic carbocycles. The molecule has 2 aliphatic heterocycles. The second kappa shape index (κ2) is 4.08. The lowest BCUT2D eigenvalue weighted by Gasteiger charge is -2.50. The maximum Gasteiger partial charge on any atom is 0.247 e. The molecule has 1 amide bonds. The molecule has 0 aromatic heterocycles. The molecule has 0 radical (unpaired) electrons. The van der Waals surface area contributed by atoms with Gasteiger partial charge in [0, 0.05) is 40.3 Å². The van der Waals surface area contributed by atoms with E-state index >= 15 is 0 Å². The minimum Gasteiger partial charge on any atom is -0.376 e. The minimum atomic E-state index is -0.369. The fraction of sp³-hybridized carbons (Fsp3) is 0.900. The highest BCUT2D eigenvalue weighted by molar-refractivity contribution is 5.87. The van der Waals surface area contributed by atoms with Crippen LogP contribution in [0.4, 0.5) is 0 Å². The van der Waals surface area contributed by atoms with Gasteiger partial charge in [-0.15, -0.1) is 0 Å². The van der Waals surface area contributed by atoms with Crippen LogP contribution in [0.1, 0.15) is 0 Å². The van der Waals surface area contributed by atoms with Gasteiger partial charge in [0.05, 0.1) is 13.2 Å². The van der Waals surface area contributed by atoms with E-state index in [1.807, 2.05) is 14.1 Å². The number of amides is 1. The quantitative estimate of drug-likeness (QED) is 0.622. The van der Waals surface area contributed by atoms with Crippen molar-refractivity contribution >= 4 is 5.91 Å². The summed E-state index contributed by atoms with van der Waals surface area (Å²) < 4.78 is 5.25. The van der Waals surface area contributed by atoms with Crippen LogP contribution in [0.15, 0.2) is 0 Å². The summed E-state index contributed by atoms with van der Waals surface area (Å²) in [6.07, 6.45) is 0. The smallest absolute Gasteiger partial charge is 0.247 e. The molecule has 0 spiro atoms. The molecule has 0 saturated carbocycles. The summed E-state index contributed by atoms with van der Waals surface area (Å²) in [5.41, 5.74) is -0.369. The van der Waals surface area contributed by atoms with Gasteiger partial charge in [-0.2, -0.15) is 0 Å². The van der Waals surface area contributed by atoms with E-state index in [4.69, 9.17) is 4.74 Å². The Balaban J connectivity index is 2.09. The number of carbonyl (C=O) groups is 1. The third-order valence-electron chi connectivity index (χ3n) is 3.21. The molecule has 0 aromatic carbocycles. The predicted octanol–water partition coefficient (Wildman–Crippen LogP) is -1.25.